The van der Waals surface area contributed by atoms with Gasteiger partial charge >= 0.3 is 5.97 Å². The Bertz CT molecular complexity index is 777. The van der Waals surface area contributed by atoms with Crippen molar-refractivity contribution in [2.45, 2.75) is 20.0 Å². The molecule has 0 radical (unpaired) electrons. The van der Waals surface area contributed by atoms with Crippen LogP contribution in [0.4, 0.5) is 0 Å². The molecule has 0 saturated heterocycles. The predicted octanol–water partition coefficient (Wildman–Crippen LogP) is 4.12. The van der Waals surface area contributed by atoms with Crippen molar-refractivity contribution >= 4 is 17.6 Å². The largest absolute Gasteiger partial charge is 0.497 e. The van der Waals surface area contributed by atoms with Crippen LogP contribution >= 0.6 is 0 Å². The Balaban J connectivity index is 2.48. The van der Waals surface area contributed by atoms with Crippen LogP contribution in [0.5, 0.6) is 17.2 Å². The first-order valence-corrected chi connectivity index (χ1v) is 7.88. The number of methoxy groups -OCH3 is 2. The number of carbonyl (C=O) groups is 1. The number of aliphatic carboxylic acids is 1. The van der Waals surface area contributed by atoms with E-state index < -0.39 is 5.97 Å². The van der Waals surface area contributed by atoms with E-state index in [0.29, 0.717) is 22.8 Å². The van der Waals surface area contributed by atoms with Gasteiger partial charge in [0.1, 0.15) is 17.2 Å². The molecule has 0 atom stereocenters. The fraction of sp³-hybridized carbons (Fsp3) is 0.250. The average Bonchev–Trinajstić information content (AvgIpc) is 2.58. The van der Waals surface area contributed by atoms with Crippen molar-refractivity contribution in [2.75, 3.05) is 14.2 Å². The third-order valence-corrected chi connectivity index (χ3v) is 3.47. The molecule has 0 aliphatic heterocycles. The molecule has 0 amide bonds. The third kappa shape index (κ3) is 4.76. The van der Waals surface area contributed by atoms with E-state index in [4.69, 9.17) is 14.2 Å². The van der Waals surface area contributed by atoms with Crippen molar-refractivity contribution < 1.29 is 24.1 Å². The van der Waals surface area contributed by atoms with Crippen LogP contribution in [0, 0.1) is 0 Å². The lowest BCUT2D eigenvalue weighted by atomic mass is 10.0. The molecule has 2 aromatic rings. The van der Waals surface area contributed by atoms with E-state index in [1.807, 2.05) is 32.0 Å². The van der Waals surface area contributed by atoms with Crippen LogP contribution in [0.25, 0.3) is 11.6 Å². The molecule has 25 heavy (non-hydrogen) atoms. The minimum absolute atomic E-state index is 0.0415. The van der Waals surface area contributed by atoms with Crippen molar-refractivity contribution in [3.63, 3.8) is 0 Å². The molecule has 0 bridgehead atoms. The molecule has 132 valence electrons. The lowest BCUT2D eigenvalue weighted by molar-refractivity contribution is -0.130. The lowest BCUT2D eigenvalue weighted by Crippen LogP contribution is -2.05. The molecular weight excluding hydrogens is 320 g/mol. The summed E-state index contributed by atoms with van der Waals surface area (Å²) >= 11 is 0. The molecule has 2 rings (SSSR count). The third-order valence-electron chi connectivity index (χ3n) is 3.47. The van der Waals surface area contributed by atoms with Crippen LogP contribution in [0.15, 0.2) is 42.5 Å². The number of carboxylic acids is 1. The summed E-state index contributed by atoms with van der Waals surface area (Å²) in [5.74, 6) is 0.675. The Kier molecular flexibility index (Phi) is 6.06. The smallest absolute Gasteiger partial charge is 0.336 e. The minimum atomic E-state index is -1.04. The van der Waals surface area contributed by atoms with Gasteiger partial charge in [0.15, 0.2) is 0 Å². The second kappa shape index (κ2) is 8.24. The quantitative estimate of drug-likeness (QED) is 0.606. The van der Waals surface area contributed by atoms with Crippen LogP contribution < -0.4 is 14.2 Å². The molecule has 0 saturated carbocycles. The number of rotatable bonds is 7. The van der Waals surface area contributed by atoms with Gasteiger partial charge in [-0.15, -0.1) is 0 Å². The molecule has 0 heterocycles. The highest BCUT2D eigenvalue weighted by atomic mass is 16.5. The van der Waals surface area contributed by atoms with E-state index in [9.17, 15) is 9.90 Å². The number of ether oxygens (including phenoxy) is 3. The van der Waals surface area contributed by atoms with E-state index in [1.54, 1.807) is 37.5 Å². The van der Waals surface area contributed by atoms with Gasteiger partial charge in [-0.3, -0.25) is 0 Å². The standard InChI is InChI=1S/C20H22O5/c1-13(2)25-16-7-5-6-14(10-16)11-18(20(21)22)17-9-8-15(23-3)12-19(17)24-4/h5-13H,1-4H3,(H,21,22)/b18-11-. The van der Waals surface area contributed by atoms with Gasteiger partial charge in [0.2, 0.25) is 0 Å². The van der Waals surface area contributed by atoms with Crippen LogP contribution in [-0.2, 0) is 4.79 Å². The summed E-state index contributed by atoms with van der Waals surface area (Å²) in [6.07, 6.45) is 1.64. The van der Waals surface area contributed by atoms with E-state index in [-0.39, 0.29) is 11.7 Å². The van der Waals surface area contributed by atoms with Crippen molar-refractivity contribution in [2.24, 2.45) is 0 Å². The van der Waals surface area contributed by atoms with Gasteiger partial charge in [-0.25, -0.2) is 4.79 Å². The van der Waals surface area contributed by atoms with Gasteiger partial charge in [0.25, 0.3) is 0 Å². The van der Waals surface area contributed by atoms with Crippen LogP contribution in [0.2, 0.25) is 0 Å². The number of benzene rings is 2. The maximum Gasteiger partial charge on any atom is 0.336 e. The molecule has 0 spiro atoms. The van der Waals surface area contributed by atoms with E-state index >= 15 is 0 Å². The highest BCUT2D eigenvalue weighted by Gasteiger charge is 2.16. The molecule has 0 aliphatic rings. The van der Waals surface area contributed by atoms with Crippen LogP contribution in [0.1, 0.15) is 25.0 Å². The Hall–Kier alpha value is -2.95. The van der Waals surface area contributed by atoms with Gasteiger partial charge in [0, 0.05) is 11.6 Å². The molecular formula is C20H22O5. The zero-order valence-corrected chi connectivity index (χ0v) is 14.8. The SMILES string of the molecule is COc1ccc(/C(=C/c2cccc(OC(C)C)c2)C(=O)O)c(OC)c1. The summed E-state index contributed by atoms with van der Waals surface area (Å²) in [7, 11) is 3.04. The Morgan fingerprint density at radius 2 is 1.80 bits per heavy atom. The van der Waals surface area contributed by atoms with Crippen molar-refractivity contribution in [1.29, 1.82) is 0 Å². The predicted molar refractivity (Wildman–Crippen MR) is 97.3 cm³/mol. The fourth-order valence-corrected chi connectivity index (χ4v) is 2.39. The molecule has 5 nitrogen and oxygen atoms in total. The maximum atomic E-state index is 11.8. The van der Waals surface area contributed by atoms with Gasteiger partial charge in [0.05, 0.1) is 25.9 Å². The zero-order valence-electron chi connectivity index (χ0n) is 14.8. The molecule has 0 unspecified atom stereocenters. The Morgan fingerprint density at radius 3 is 2.40 bits per heavy atom. The van der Waals surface area contributed by atoms with E-state index in [2.05, 4.69) is 0 Å². The number of hydrogen-bond acceptors (Lipinski definition) is 4. The first-order valence-electron chi connectivity index (χ1n) is 7.88. The molecule has 5 heteroatoms. The second-order valence-electron chi connectivity index (χ2n) is 5.67. The Labute approximate surface area is 147 Å². The summed E-state index contributed by atoms with van der Waals surface area (Å²) in [5, 5.41) is 9.66. The summed E-state index contributed by atoms with van der Waals surface area (Å²) in [4.78, 5) is 11.8. The van der Waals surface area contributed by atoms with Gasteiger partial charge in [-0.1, -0.05) is 12.1 Å². The molecule has 0 aromatic heterocycles. The van der Waals surface area contributed by atoms with Crippen molar-refractivity contribution in [3.8, 4) is 17.2 Å². The normalized spacial score (nSPS) is 11.3. The topological polar surface area (TPSA) is 65.0 Å². The highest BCUT2D eigenvalue weighted by molar-refractivity contribution is 6.21. The first kappa shape index (κ1) is 18.4. The molecule has 0 fully saturated rings. The monoisotopic (exact) mass is 342 g/mol. The molecule has 1 N–H and O–H groups in total. The average molecular weight is 342 g/mol. The van der Waals surface area contributed by atoms with Gasteiger partial charge < -0.3 is 19.3 Å². The first-order chi connectivity index (χ1) is 11.9. The number of carboxylic acid groups (broad SMARTS) is 1. The zero-order chi connectivity index (χ0) is 18.4. The van der Waals surface area contributed by atoms with E-state index in [1.165, 1.54) is 7.11 Å². The highest BCUT2D eigenvalue weighted by Crippen LogP contribution is 2.32. The van der Waals surface area contributed by atoms with Gasteiger partial charge in [-0.05, 0) is 49.8 Å². The van der Waals surface area contributed by atoms with Crippen LogP contribution in [0.3, 0.4) is 0 Å². The summed E-state index contributed by atoms with van der Waals surface area (Å²) in [5.41, 5.74) is 1.33. The minimum Gasteiger partial charge on any atom is -0.497 e. The molecule has 0 aliphatic carbocycles. The van der Waals surface area contributed by atoms with Gasteiger partial charge in [-0.2, -0.15) is 0 Å². The summed E-state index contributed by atoms with van der Waals surface area (Å²) in [6.45, 7) is 3.88. The van der Waals surface area contributed by atoms with E-state index in [0.717, 1.165) is 5.56 Å². The second-order valence-corrected chi connectivity index (χ2v) is 5.67. The fourth-order valence-electron chi connectivity index (χ4n) is 2.39. The summed E-state index contributed by atoms with van der Waals surface area (Å²) in [6, 6.07) is 12.3. The van der Waals surface area contributed by atoms with Crippen LogP contribution in [-0.4, -0.2) is 31.4 Å². The maximum absolute atomic E-state index is 11.8. The lowest BCUT2D eigenvalue weighted by Gasteiger charge is -2.12. The number of hydrogen-bond donors (Lipinski definition) is 1. The summed E-state index contributed by atoms with van der Waals surface area (Å²) < 4.78 is 16.1. The van der Waals surface area contributed by atoms with Crippen molar-refractivity contribution in [3.05, 3.63) is 53.6 Å². The molecule has 2 aromatic carbocycles. The van der Waals surface area contributed by atoms with Crippen molar-refractivity contribution in [1.82, 2.24) is 0 Å². The Morgan fingerprint density at radius 1 is 1.04 bits per heavy atom.